The average molecular weight is 298 g/mol. The maximum Gasteiger partial charge on any atom is 0.123 e. The van der Waals surface area contributed by atoms with Crippen LogP contribution in [0.1, 0.15) is 22.9 Å². The number of rotatable bonds is 5. The summed E-state index contributed by atoms with van der Waals surface area (Å²) in [6, 6.07) is 4.36. The van der Waals surface area contributed by atoms with Crippen molar-refractivity contribution in [2.45, 2.75) is 19.6 Å². The predicted octanol–water partition coefficient (Wildman–Crippen LogP) is 2.34. The molecular weight excluding hydrogens is 281 g/mol. The summed E-state index contributed by atoms with van der Waals surface area (Å²) < 4.78 is 14.6. The first kappa shape index (κ1) is 15.0. The van der Waals surface area contributed by atoms with Crippen molar-refractivity contribution in [2.24, 2.45) is 7.05 Å². The highest BCUT2D eigenvalue weighted by Crippen LogP contribution is 2.18. The number of halogens is 2. The van der Waals surface area contributed by atoms with Gasteiger partial charge in [0, 0.05) is 26.3 Å². The third-order valence-electron chi connectivity index (χ3n) is 3.08. The van der Waals surface area contributed by atoms with Crippen molar-refractivity contribution >= 4 is 11.6 Å². The van der Waals surface area contributed by atoms with Gasteiger partial charge in [0.1, 0.15) is 5.82 Å². The first-order valence-corrected chi connectivity index (χ1v) is 6.68. The van der Waals surface area contributed by atoms with E-state index in [2.05, 4.69) is 10.4 Å². The average Bonchev–Trinajstić information content (AvgIpc) is 2.67. The maximum absolute atomic E-state index is 13.0. The Morgan fingerprint density at radius 2 is 2.25 bits per heavy atom. The van der Waals surface area contributed by atoms with Gasteiger partial charge >= 0.3 is 0 Å². The lowest BCUT2D eigenvalue weighted by atomic mass is 10.0. The fraction of sp³-hybridized carbons (Fsp3) is 0.357. The SMILES string of the molecule is Cc1cc(F)ccc1C(O)CNCc1nn(C)cc1Cl. The van der Waals surface area contributed by atoms with Gasteiger partial charge in [-0.2, -0.15) is 5.10 Å². The van der Waals surface area contributed by atoms with Crippen molar-refractivity contribution in [3.63, 3.8) is 0 Å². The highest BCUT2D eigenvalue weighted by molar-refractivity contribution is 6.31. The molecule has 0 bridgehead atoms. The molecule has 0 fully saturated rings. The summed E-state index contributed by atoms with van der Waals surface area (Å²) in [5.74, 6) is -0.299. The molecule has 2 aromatic rings. The molecule has 4 nitrogen and oxygen atoms in total. The minimum atomic E-state index is -0.696. The normalized spacial score (nSPS) is 12.7. The molecule has 1 heterocycles. The van der Waals surface area contributed by atoms with Crippen LogP contribution in [0.3, 0.4) is 0 Å². The fourth-order valence-corrected chi connectivity index (χ4v) is 2.32. The zero-order valence-electron chi connectivity index (χ0n) is 11.4. The first-order valence-electron chi connectivity index (χ1n) is 6.30. The molecule has 0 radical (unpaired) electrons. The van der Waals surface area contributed by atoms with Crippen LogP contribution >= 0.6 is 11.6 Å². The summed E-state index contributed by atoms with van der Waals surface area (Å²) in [7, 11) is 1.80. The van der Waals surface area contributed by atoms with E-state index in [1.807, 2.05) is 0 Å². The monoisotopic (exact) mass is 297 g/mol. The quantitative estimate of drug-likeness (QED) is 0.891. The van der Waals surface area contributed by atoms with Crippen molar-refractivity contribution in [2.75, 3.05) is 6.54 Å². The van der Waals surface area contributed by atoms with Gasteiger partial charge in [-0.15, -0.1) is 0 Å². The van der Waals surface area contributed by atoms with Crippen LogP contribution in [0.5, 0.6) is 0 Å². The Morgan fingerprint density at radius 3 is 2.85 bits per heavy atom. The molecular formula is C14H17ClFN3O. The minimum Gasteiger partial charge on any atom is -0.387 e. The standard InChI is InChI=1S/C14H17ClFN3O/c1-9-5-10(16)3-4-11(9)14(20)7-17-6-13-12(15)8-19(2)18-13/h3-5,8,14,17,20H,6-7H2,1-2H3. The van der Waals surface area contributed by atoms with E-state index in [1.54, 1.807) is 30.9 Å². The van der Waals surface area contributed by atoms with Gasteiger partial charge in [0.15, 0.2) is 0 Å². The summed E-state index contributed by atoms with van der Waals surface area (Å²) in [5, 5.41) is 18.0. The third-order valence-corrected chi connectivity index (χ3v) is 3.39. The van der Waals surface area contributed by atoms with Crippen LogP contribution in [0.25, 0.3) is 0 Å². The largest absolute Gasteiger partial charge is 0.387 e. The Hall–Kier alpha value is -1.43. The van der Waals surface area contributed by atoms with Crippen molar-refractivity contribution in [1.82, 2.24) is 15.1 Å². The Labute approximate surface area is 122 Å². The second-order valence-corrected chi connectivity index (χ2v) is 5.15. The molecule has 1 atom stereocenters. The fourth-order valence-electron chi connectivity index (χ4n) is 2.08. The third kappa shape index (κ3) is 3.56. The van der Waals surface area contributed by atoms with Gasteiger partial charge in [0.05, 0.1) is 16.8 Å². The van der Waals surface area contributed by atoms with Crippen LogP contribution in [-0.4, -0.2) is 21.4 Å². The lowest BCUT2D eigenvalue weighted by Crippen LogP contribution is -2.22. The highest BCUT2D eigenvalue weighted by atomic mass is 35.5. The van der Waals surface area contributed by atoms with Crippen LogP contribution in [0.15, 0.2) is 24.4 Å². The van der Waals surface area contributed by atoms with E-state index in [-0.39, 0.29) is 5.82 Å². The van der Waals surface area contributed by atoms with Crippen LogP contribution in [0.4, 0.5) is 4.39 Å². The number of aryl methyl sites for hydroxylation is 2. The number of aromatic nitrogens is 2. The molecule has 0 aliphatic rings. The molecule has 108 valence electrons. The molecule has 2 rings (SSSR count). The van der Waals surface area contributed by atoms with Gasteiger partial charge in [0.25, 0.3) is 0 Å². The molecule has 2 N–H and O–H groups in total. The Morgan fingerprint density at radius 1 is 1.50 bits per heavy atom. The summed E-state index contributed by atoms with van der Waals surface area (Å²) in [6.45, 7) is 2.59. The molecule has 0 saturated heterocycles. The maximum atomic E-state index is 13.0. The molecule has 20 heavy (non-hydrogen) atoms. The van der Waals surface area contributed by atoms with Crippen molar-refractivity contribution in [1.29, 1.82) is 0 Å². The molecule has 6 heteroatoms. The topological polar surface area (TPSA) is 50.1 Å². The van der Waals surface area contributed by atoms with Crippen molar-refractivity contribution in [3.05, 3.63) is 52.1 Å². The van der Waals surface area contributed by atoms with E-state index < -0.39 is 6.10 Å². The van der Waals surface area contributed by atoms with Crippen LogP contribution < -0.4 is 5.32 Å². The summed E-state index contributed by atoms with van der Waals surface area (Å²) in [6.07, 6.45) is 1.03. The van der Waals surface area contributed by atoms with E-state index in [1.165, 1.54) is 12.1 Å². The smallest absolute Gasteiger partial charge is 0.123 e. The first-order chi connectivity index (χ1) is 9.47. The summed E-state index contributed by atoms with van der Waals surface area (Å²) >= 11 is 5.99. The molecule has 1 unspecified atom stereocenters. The van der Waals surface area contributed by atoms with Crippen molar-refractivity contribution < 1.29 is 9.50 Å². The van der Waals surface area contributed by atoms with Gasteiger partial charge < -0.3 is 10.4 Å². The predicted molar refractivity (Wildman–Crippen MR) is 76.0 cm³/mol. The summed E-state index contributed by atoms with van der Waals surface area (Å²) in [5.41, 5.74) is 2.18. The van der Waals surface area contributed by atoms with E-state index in [0.717, 1.165) is 11.3 Å². The number of nitrogens with one attached hydrogen (secondary N) is 1. The van der Waals surface area contributed by atoms with Gasteiger partial charge in [-0.05, 0) is 30.2 Å². The van der Waals surface area contributed by atoms with Crippen molar-refractivity contribution in [3.8, 4) is 0 Å². The van der Waals surface area contributed by atoms with Gasteiger partial charge in [-0.3, -0.25) is 4.68 Å². The molecule has 1 aromatic heterocycles. The number of hydrogen-bond acceptors (Lipinski definition) is 3. The van der Waals surface area contributed by atoms with E-state index in [4.69, 9.17) is 11.6 Å². The number of aliphatic hydroxyl groups is 1. The van der Waals surface area contributed by atoms with Gasteiger partial charge in [-0.25, -0.2) is 4.39 Å². The lowest BCUT2D eigenvalue weighted by Gasteiger charge is -2.14. The van der Waals surface area contributed by atoms with Gasteiger partial charge in [0.2, 0.25) is 0 Å². The Balaban J connectivity index is 1.92. The summed E-state index contributed by atoms with van der Waals surface area (Å²) in [4.78, 5) is 0. The lowest BCUT2D eigenvalue weighted by molar-refractivity contribution is 0.173. The minimum absolute atomic E-state index is 0.299. The zero-order chi connectivity index (χ0) is 14.7. The second kappa shape index (κ2) is 6.35. The molecule has 0 aliphatic carbocycles. The number of benzene rings is 1. The second-order valence-electron chi connectivity index (χ2n) is 4.75. The van der Waals surface area contributed by atoms with Gasteiger partial charge in [-0.1, -0.05) is 17.7 Å². The van der Waals surface area contributed by atoms with E-state index >= 15 is 0 Å². The molecule has 0 spiro atoms. The molecule has 0 aliphatic heterocycles. The highest BCUT2D eigenvalue weighted by Gasteiger charge is 2.11. The Kier molecular flexibility index (Phi) is 4.75. The van der Waals surface area contributed by atoms with Crippen LogP contribution in [0.2, 0.25) is 5.02 Å². The van der Waals surface area contributed by atoms with Crippen LogP contribution in [0, 0.1) is 12.7 Å². The Bertz CT molecular complexity index is 600. The molecule has 1 aromatic carbocycles. The number of nitrogens with zero attached hydrogens (tertiary/aromatic N) is 2. The van der Waals surface area contributed by atoms with Crippen LogP contribution in [-0.2, 0) is 13.6 Å². The number of aliphatic hydroxyl groups excluding tert-OH is 1. The number of hydrogen-bond donors (Lipinski definition) is 2. The van der Waals surface area contributed by atoms with E-state index in [9.17, 15) is 9.50 Å². The molecule has 0 saturated carbocycles. The van der Waals surface area contributed by atoms with E-state index in [0.29, 0.717) is 23.7 Å². The zero-order valence-corrected chi connectivity index (χ0v) is 12.2. The molecule has 0 amide bonds.